The molecule has 2 aromatic rings. The number of hydrogen-bond acceptors (Lipinski definition) is 4. The lowest BCUT2D eigenvalue weighted by molar-refractivity contribution is 0.0696. The Bertz CT molecular complexity index is 646. The van der Waals surface area contributed by atoms with Crippen LogP contribution in [0.5, 0.6) is 0 Å². The van der Waals surface area contributed by atoms with E-state index in [0.29, 0.717) is 18.1 Å². The van der Waals surface area contributed by atoms with E-state index in [1.807, 2.05) is 6.92 Å². The molecule has 0 fully saturated rings. The molecule has 104 valence electrons. The molecular formula is C13H14N4O3. The van der Waals surface area contributed by atoms with E-state index in [4.69, 9.17) is 5.11 Å². The lowest BCUT2D eigenvalue weighted by Crippen LogP contribution is -2.26. The van der Waals surface area contributed by atoms with E-state index in [2.05, 4.69) is 15.5 Å². The molecular weight excluding hydrogens is 260 g/mol. The lowest BCUT2D eigenvalue weighted by atomic mass is 10.2. The number of nitrogens with zero attached hydrogens (tertiary/aromatic N) is 3. The van der Waals surface area contributed by atoms with E-state index >= 15 is 0 Å². The zero-order valence-corrected chi connectivity index (χ0v) is 11.1. The first-order valence-corrected chi connectivity index (χ1v) is 6.08. The van der Waals surface area contributed by atoms with E-state index in [1.54, 1.807) is 23.6 Å². The van der Waals surface area contributed by atoms with Crippen LogP contribution in [-0.2, 0) is 0 Å². The molecule has 0 aliphatic rings. The minimum absolute atomic E-state index is 0.174. The maximum Gasteiger partial charge on any atom is 0.335 e. The van der Waals surface area contributed by atoms with Crippen LogP contribution >= 0.6 is 0 Å². The minimum Gasteiger partial charge on any atom is -0.478 e. The Hall–Kier alpha value is -2.70. The van der Waals surface area contributed by atoms with Crippen molar-refractivity contribution < 1.29 is 14.7 Å². The van der Waals surface area contributed by atoms with Crippen molar-refractivity contribution >= 4 is 11.9 Å². The molecule has 7 nitrogen and oxygen atoms in total. The highest BCUT2D eigenvalue weighted by Gasteiger charge is 2.17. The molecule has 0 aliphatic heterocycles. The molecule has 1 heterocycles. The van der Waals surface area contributed by atoms with Gasteiger partial charge in [-0.3, -0.25) is 9.36 Å². The van der Waals surface area contributed by atoms with Gasteiger partial charge in [0.15, 0.2) is 0 Å². The van der Waals surface area contributed by atoms with Gasteiger partial charge in [0.1, 0.15) is 5.82 Å². The molecule has 1 amide bonds. The molecule has 0 saturated carbocycles. The van der Waals surface area contributed by atoms with E-state index in [0.717, 1.165) is 0 Å². The Morgan fingerprint density at radius 2 is 1.90 bits per heavy atom. The number of aryl methyl sites for hydroxylation is 1. The third-order valence-corrected chi connectivity index (χ3v) is 2.74. The Kier molecular flexibility index (Phi) is 3.79. The number of carbonyl (C=O) groups is 2. The van der Waals surface area contributed by atoms with Crippen LogP contribution in [0.4, 0.5) is 0 Å². The molecule has 0 aliphatic carbocycles. The van der Waals surface area contributed by atoms with Gasteiger partial charge in [0.2, 0.25) is 5.82 Å². The zero-order valence-electron chi connectivity index (χ0n) is 11.1. The predicted molar refractivity (Wildman–Crippen MR) is 71.1 cm³/mol. The third kappa shape index (κ3) is 2.51. The van der Waals surface area contributed by atoms with Gasteiger partial charge in [-0.2, -0.15) is 0 Å². The van der Waals surface area contributed by atoms with Gasteiger partial charge in [0.05, 0.1) is 5.56 Å². The fraction of sp³-hybridized carbons (Fsp3) is 0.231. The van der Waals surface area contributed by atoms with Crippen LogP contribution in [0.1, 0.15) is 33.7 Å². The van der Waals surface area contributed by atoms with Crippen LogP contribution < -0.4 is 5.32 Å². The number of rotatable bonds is 4. The minimum atomic E-state index is -0.999. The van der Waals surface area contributed by atoms with Gasteiger partial charge in [-0.05, 0) is 38.1 Å². The maximum atomic E-state index is 11.9. The summed E-state index contributed by atoms with van der Waals surface area (Å²) in [6.45, 7) is 4.02. The van der Waals surface area contributed by atoms with Crippen LogP contribution in [0.25, 0.3) is 5.69 Å². The number of amides is 1. The summed E-state index contributed by atoms with van der Waals surface area (Å²) in [5.41, 5.74) is 0.817. The van der Waals surface area contributed by atoms with Gasteiger partial charge < -0.3 is 10.4 Å². The molecule has 0 saturated heterocycles. The van der Waals surface area contributed by atoms with Crippen molar-refractivity contribution in [3.8, 4) is 5.69 Å². The van der Waals surface area contributed by atoms with Gasteiger partial charge in [-0.15, -0.1) is 10.2 Å². The summed E-state index contributed by atoms with van der Waals surface area (Å²) >= 11 is 0. The number of aromatic nitrogens is 3. The summed E-state index contributed by atoms with van der Waals surface area (Å²) in [6.07, 6.45) is 0. The highest BCUT2D eigenvalue weighted by molar-refractivity contribution is 5.91. The number of carboxylic acids is 1. The summed E-state index contributed by atoms with van der Waals surface area (Å²) in [7, 11) is 0. The van der Waals surface area contributed by atoms with Gasteiger partial charge in [-0.25, -0.2) is 4.79 Å². The molecule has 0 unspecified atom stereocenters. The highest BCUT2D eigenvalue weighted by atomic mass is 16.4. The topological polar surface area (TPSA) is 97.1 Å². The predicted octanol–water partition coefficient (Wildman–Crippen LogP) is 1.02. The van der Waals surface area contributed by atoms with Gasteiger partial charge >= 0.3 is 5.97 Å². The quantitative estimate of drug-likeness (QED) is 0.867. The van der Waals surface area contributed by atoms with Crippen molar-refractivity contribution in [3.63, 3.8) is 0 Å². The molecule has 7 heteroatoms. The summed E-state index contributed by atoms with van der Waals surface area (Å²) < 4.78 is 1.58. The van der Waals surface area contributed by atoms with E-state index in [-0.39, 0.29) is 17.3 Å². The summed E-state index contributed by atoms with van der Waals surface area (Å²) in [4.78, 5) is 22.7. The van der Waals surface area contributed by atoms with Crippen molar-refractivity contribution in [1.82, 2.24) is 20.1 Å². The summed E-state index contributed by atoms with van der Waals surface area (Å²) in [5, 5.41) is 19.3. The normalized spacial score (nSPS) is 10.3. The smallest absolute Gasteiger partial charge is 0.335 e. The van der Waals surface area contributed by atoms with Crippen LogP contribution in [0.2, 0.25) is 0 Å². The van der Waals surface area contributed by atoms with Crippen LogP contribution in [0.15, 0.2) is 24.3 Å². The molecule has 20 heavy (non-hydrogen) atoms. The van der Waals surface area contributed by atoms with Gasteiger partial charge in [0, 0.05) is 12.2 Å². The van der Waals surface area contributed by atoms with Crippen molar-refractivity contribution in [2.24, 2.45) is 0 Å². The van der Waals surface area contributed by atoms with Crippen molar-refractivity contribution in [2.75, 3.05) is 6.54 Å². The Morgan fingerprint density at radius 1 is 1.25 bits per heavy atom. The average Bonchev–Trinajstić information content (AvgIpc) is 2.81. The molecule has 2 N–H and O–H groups in total. The second kappa shape index (κ2) is 5.52. The second-order valence-corrected chi connectivity index (χ2v) is 4.12. The standard InChI is InChI=1S/C13H14N4O3/c1-3-14-12(18)11-16-15-8(2)17(11)10-6-4-9(5-7-10)13(19)20/h4-7H,3H2,1-2H3,(H,14,18)(H,19,20). The van der Waals surface area contributed by atoms with Crippen molar-refractivity contribution in [3.05, 3.63) is 41.5 Å². The third-order valence-electron chi connectivity index (χ3n) is 2.74. The fourth-order valence-electron chi connectivity index (χ4n) is 1.81. The SMILES string of the molecule is CCNC(=O)c1nnc(C)n1-c1ccc(C(=O)O)cc1. The van der Waals surface area contributed by atoms with Gasteiger partial charge in [0.25, 0.3) is 5.91 Å². The van der Waals surface area contributed by atoms with Crippen LogP contribution in [-0.4, -0.2) is 38.3 Å². The molecule has 1 aromatic heterocycles. The number of carboxylic acid groups (broad SMARTS) is 1. The Labute approximate surface area is 115 Å². The van der Waals surface area contributed by atoms with Crippen LogP contribution in [0, 0.1) is 6.92 Å². The van der Waals surface area contributed by atoms with E-state index in [9.17, 15) is 9.59 Å². The molecule has 0 bridgehead atoms. The molecule has 1 aromatic carbocycles. The highest BCUT2D eigenvalue weighted by Crippen LogP contribution is 2.14. The number of carbonyl (C=O) groups excluding carboxylic acids is 1. The first kappa shape index (κ1) is 13.7. The Morgan fingerprint density at radius 3 is 2.45 bits per heavy atom. The number of aromatic carboxylic acids is 1. The summed E-state index contributed by atoms with van der Waals surface area (Å²) in [6, 6.07) is 6.17. The number of nitrogens with one attached hydrogen (secondary N) is 1. The first-order chi connectivity index (χ1) is 9.54. The summed E-state index contributed by atoms with van der Waals surface area (Å²) in [5.74, 6) is -0.599. The molecule has 0 spiro atoms. The number of hydrogen-bond donors (Lipinski definition) is 2. The maximum absolute atomic E-state index is 11.9. The van der Waals surface area contributed by atoms with Gasteiger partial charge in [-0.1, -0.05) is 0 Å². The van der Waals surface area contributed by atoms with Crippen molar-refractivity contribution in [1.29, 1.82) is 0 Å². The molecule has 2 rings (SSSR count). The first-order valence-electron chi connectivity index (χ1n) is 6.08. The lowest BCUT2D eigenvalue weighted by Gasteiger charge is -2.08. The van der Waals surface area contributed by atoms with E-state index in [1.165, 1.54) is 12.1 Å². The van der Waals surface area contributed by atoms with Crippen LogP contribution in [0.3, 0.4) is 0 Å². The fourth-order valence-corrected chi connectivity index (χ4v) is 1.81. The average molecular weight is 274 g/mol. The zero-order chi connectivity index (χ0) is 14.7. The second-order valence-electron chi connectivity index (χ2n) is 4.12. The monoisotopic (exact) mass is 274 g/mol. The Balaban J connectivity index is 2.44. The number of benzene rings is 1. The molecule has 0 radical (unpaired) electrons. The van der Waals surface area contributed by atoms with E-state index < -0.39 is 5.97 Å². The largest absolute Gasteiger partial charge is 0.478 e. The molecule has 0 atom stereocenters. The van der Waals surface area contributed by atoms with Crippen molar-refractivity contribution in [2.45, 2.75) is 13.8 Å².